The summed E-state index contributed by atoms with van der Waals surface area (Å²) in [6.07, 6.45) is 2.68. The fraction of sp³-hybridized carbons (Fsp3) is 0.600. The number of rotatable bonds is 3. The highest BCUT2D eigenvalue weighted by molar-refractivity contribution is 5.88. The molecule has 0 unspecified atom stereocenters. The van der Waals surface area contributed by atoms with Gasteiger partial charge in [0.1, 0.15) is 5.69 Å². The molecule has 0 spiro atoms. The Balaban J connectivity index is 2.30. The molecule has 122 valence electrons. The molecule has 2 rings (SSSR count). The molecular weight excluding hydrogens is 298 g/mol. The first-order valence-corrected chi connectivity index (χ1v) is 7.33. The van der Waals surface area contributed by atoms with E-state index in [4.69, 9.17) is 0 Å². The molecule has 22 heavy (non-hydrogen) atoms. The van der Waals surface area contributed by atoms with Gasteiger partial charge in [-0.15, -0.1) is 0 Å². The van der Waals surface area contributed by atoms with Gasteiger partial charge in [0.15, 0.2) is 0 Å². The van der Waals surface area contributed by atoms with Gasteiger partial charge >= 0.3 is 0 Å². The predicted octanol–water partition coefficient (Wildman–Crippen LogP) is 4.50. The van der Waals surface area contributed by atoms with E-state index in [1.54, 1.807) is 0 Å². The van der Waals surface area contributed by atoms with Crippen molar-refractivity contribution in [1.82, 2.24) is 4.98 Å². The van der Waals surface area contributed by atoms with Gasteiger partial charge in [0.25, 0.3) is 11.9 Å². The van der Waals surface area contributed by atoms with Crippen LogP contribution < -0.4 is 5.43 Å². The maximum Gasteiger partial charge on any atom is 0.254 e. The Bertz CT molecular complexity index is 560. The average Bonchev–Trinajstić information content (AvgIpc) is 2.45. The van der Waals surface area contributed by atoms with Crippen LogP contribution in [0.3, 0.4) is 0 Å². The smallest absolute Gasteiger partial charge is 0.254 e. The second-order valence-corrected chi connectivity index (χ2v) is 6.15. The zero-order chi connectivity index (χ0) is 16.4. The molecule has 1 aromatic heterocycles. The second kappa shape index (κ2) is 6.62. The van der Waals surface area contributed by atoms with Crippen LogP contribution >= 0.6 is 0 Å². The van der Waals surface area contributed by atoms with Crippen molar-refractivity contribution < 1.29 is 17.6 Å². The molecule has 3 nitrogen and oxygen atoms in total. The molecule has 7 heteroatoms. The minimum absolute atomic E-state index is 0.186. The van der Waals surface area contributed by atoms with Gasteiger partial charge in [0.05, 0.1) is 0 Å². The molecular formula is C15H19F4N3. The summed E-state index contributed by atoms with van der Waals surface area (Å²) in [6.45, 7) is 6.16. The number of aromatic nitrogens is 1. The Morgan fingerprint density at radius 3 is 2.23 bits per heavy atom. The Kier molecular flexibility index (Phi) is 5.03. The zero-order valence-corrected chi connectivity index (χ0v) is 12.8. The van der Waals surface area contributed by atoms with E-state index in [1.165, 1.54) is 0 Å². The number of hydrogen-bond acceptors (Lipinski definition) is 3. The van der Waals surface area contributed by atoms with Gasteiger partial charge < -0.3 is 0 Å². The van der Waals surface area contributed by atoms with Crippen molar-refractivity contribution in [3.63, 3.8) is 0 Å². The van der Waals surface area contributed by atoms with E-state index in [0.29, 0.717) is 18.3 Å². The van der Waals surface area contributed by atoms with Crippen molar-refractivity contribution in [2.24, 2.45) is 22.9 Å². The molecule has 0 saturated heterocycles. The number of hydrazone groups is 1. The lowest BCUT2D eigenvalue weighted by Crippen LogP contribution is -2.28. The second-order valence-electron chi connectivity index (χ2n) is 6.15. The van der Waals surface area contributed by atoms with Crippen LogP contribution in [0.25, 0.3) is 0 Å². The molecule has 1 aliphatic rings. The summed E-state index contributed by atoms with van der Waals surface area (Å²) in [5.74, 6) is -5.62. The number of nitrogens with one attached hydrogen (secondary N) is 1. The number of hydrogen-bond donors (Lipinski definition) is 1. The van der Waals surface area contributed by atoms with Crippen LogP contribution in [0.4, 0.5) is 23.2 Å². The van der Waals surface area contributed by atoms with Crippen molar-refractivity contribution in [2.45, 2.75) is 40.0 Å². The summed E-state index contributed by atoms with van der Waals surface area (Å²) >= 11 is 0. The van der Waals surface area contributed by atoms with Crippen molar-refractivity contribution in [1.29, 1.82) is 0 Å². The first-order valence-electron chi connectivity index (χ1n) is 7.33. The van der Waals surface area contributed by atoms with Gasteiger partial charge in [-0.25, -0.2) is 0 Å². The summed E-state index contributed by atoms with van der Waals surface area (Å²) in [5.41, 5.74) is 1.98. The van der Waals surface area contributed by atoms with Crippen LogP contribution in [0.1, 0.15) is 40.0 Å². The summed E-state index contributed by atoms with van der Waals surface area (Å²) in [4.78, 5) is 2.51. The molecule has 1 saturated carbocycles. The van der Waals surface area contributed by atoms with Crippen molar-refractivity contribution >= 4 is 11.4 Å². The molecule has 1 N–H and O–H groups in total. The number of halogens is 4. The van der Waals surface area contributed by atoms with Crippen molar-refractivity contribution in [3.8, 4) is 0 Å². The SMILES string of the molecule is CC(C)[C@H]1CC[C@H](C)C/C1=N/Nc1c(F)c(F)nc(F)c1F. The molecule has 2 atom stereocenters. The maximum atomic E-state index is 13.6. The highest BCUT2D eigenvalue weighted by atomic mass is 19.2. The Morgan fingerprint density at radius 1 is 1.09 bits per heavy atom. The van der Waals surface area contributed by atoms with Crippen LogP contribution in [0.5, 0.6) is 0 Å². The van der Waals surface area contributed by atoms with E-state index in [9.17, 15) is 17.6 Å². The van der Waals surface area contributed by atoms with Gasteiger partial charge in [-0.2, -0.15) is 27.6 Å². The topological polar surface area (TPSA) is 37.3 Å². The average molecular weight is 317 g/mol. The van der Waals surface area contributed by atoms with E-state index in [1.807, 2.05) is 13.8 Å². The van der Waals surface area contributed by atoms with Crippen LogP contribution in [0, 0.1) is 41.3 Å². The van der Waals surface area contributed by atoms with Crippen molar-refractivity contribution in [2.75, 3.05) is 5.43 Å². The Morgan fingerprint density at radius 2 is 1.68 bits per heavy atom. The summed E-state index contributed by atoms with van der Waals surface area (Å²) < 4.78 is 53.2. The van der Waals surface area contributed by atoms with Gasteiger partial charge in [-0.1, -0.05) is 20.8 Å². The molecule has 0 aromatic carbocycles. The van der Waals surface area contributed by atoms with Gasteiger partial charge in [-0.3, -0.25) is 5.43 Å². The zero-order valence-electron chi connectivity index (χ0n) is 12.8. The van der Waals surface area contributed by atoms with E-state index < -0.39 is 29.2 Å². The number of pyridine rings is 1. The van der Waals surface area contributed by atoms with Crippen LogP contribution in [-0.2, 0) is 0 Å². The fourth-order valence-electron chi connectivity index (χ4n) is 2.80. The van der Waals surface area contributed by atoms with Crippen LogP contribution in [0.2, 0.25) is 0 Å². The first kappa shape index (κ1) is 16.7. The quantitative estimate of drug-likeness (QED) is 0.506. The molecule has 1 heterocycles. The van der Waals surface area contributed by atoms with E-state index in [2.05, 4.69) is 22.4 Å². The number of nitrogens with zero attached hydrogens (tertiary/aromatic N) is 2. The first-order chi connectivity index (χ1) is 10.3. The Hall–Kier alpha value is -1.66. The lowest BCUT2D eigenvalue weighted by Gasteiger charge is -2.30. The highest BCUT2D eigenvalue weighted by Gasteiger charge is 2.28. The molecule has 1 aromatic rings. The van der Waals surface area contributed by atoms with Crippen molar-refractivity contribution in [3.05, 3.63) is 23.5 Å². The minimum atomic E-state index is -1.70. The van der Waals surface area contributed by atoms with Crippen LogP contribution in [-0.4, -0.2) is 10.7 Å². The molecule has 0 bridgehead atoms. The predicted molar refractivity (Wildman–Crippen MR) is 76.5 cm³/mol. The molecule has 0 radical (unpaired) electrons. The molecule has 0 amide bonds. The standard InChI is InChI=1S/C15H19F4N3/c1-7(2)9-5-4-8(3)6-10(9)21-22-13-11(16)14(18)20-15(19)12(13)17/h7-9H,4-6H2,1-3H3,(H,20,22)/b21-10-/t8-,9+/m0/s1. The van der Waals surface area contributed by atoms with E-state index >= 15 is 0 Å². The van der Waals surface area contributed by atoms with Gasteiger partial charge in [0.2, 0.25) is 11.6 Å². The lowest BCUT2D eigenvalue weighted by molar-refractivity contribution is 0.364. The fourth-order valence-corrected chi connectivity index (χ4v) is 2.80. The van der Waals surface area contributed by atoms with E-state index in [-0.39, 0.29) is 5.92 Å². The summed E-state index contributed by atoms with van der Waals surface area (Å²) in [5, 5.41) is 4.04. The van der Waals surface area contributed by atoms with Crippen LogP contribution in [0.15, 0.2) is 5.10 Å². The molecule has 1 aliphatic carbocycles. The van der Waals surface area contributed by atoms with Gasteiger partial charge in [-0.05, 0) is 31.1 Å². The summed E-state index contributed by atoms with van der Waals surface area (Å²) in [6, 6.07) is 0. The largest absolute Gasteiger partial charge is 0.272 e. The summed E-state index contributed by atoms with van der Waals surface area (Å²) in [7, 11) is 0. The lowest BCUT2D eigenvalue weighted by atomic mass is 9.76. The normalized spacial score (nSPS) is 24.1. The third-order valence-electron chi connectivity index (χ3n) is 4.07. The Labute approximate surface area is 126 Å². The minimum Gasteiger partial charge on any atom is -0.272 e. The highest BCUT2D eigenvalue weighted by Crippen LogP contribution is 2.32. The molecule has 0 aliphatic heterocycles. The number of anilines is 1. The maximum absolute atomic E-state index is 13.6. The monoisotopic (exact) mass is 317 g/mol. The van der Waals surface area contributed by atoms with E-state index in [0.717, 1.165) is 18.6 Å². The third kappa shape index (κ3) is 3.39. The molecule has 1 fully saturated rings. The van der Waals surface area contributed by atoms with Gasteiger partial charge in [0, 0.05) is 11.6 Å². The third-order valence-corrected chi connectivity index (χ3v) is 4.07.